The predicted octanol–water partition coefficient (Wildman–Crippen LogP) is 4.83. The Balaban J connectivity index is 2.01. The molecule has 0 aliphatic rings. The van der Waals surface area contributed by atoms with E-state index >= 15 is 0 Å². The van der Waals surface area contributed by atoms with Crippen molar-refractivity contribution in [3.8, 4) is 5.75 Å². The van der Waals surface area contributed by atoms with E-state index in [0.717, 1.165) is 11.3 Å². The SMILES string of the molecule is CC[C@H](C(=O)NC(C)C)N(Cc1ccccc1)C(=O)CCCOc1ccc(Cl)cc1. The van der Waals surface area contributed by atoms with Crippen molar-refractivity contribution < 1.29 is 14.3 Å². The van der Waals surface area contributed by atoms with Crippen LogP contribution in [0.2, 0.25) is 5.02 Å². The number of ether oxygens (including phenoxy) is 1. The molecule has 0 saturated carbocycles. The lowest BCUT2D eigenvalue weighted by atomic mass is 10.1. The number of nitrogens with one attached hydrogen (secondary N) is 1. The molecule has 162 valence electrons. The zero-order valence-corrected chi connectivity index (χ0v) is 18.7. The zero-order chi connectivity index (χ0) is 21.9. The number of benzene rings is 2. The first-order valence-corrected chi connectivity index (χ1v) is 10.8. The number of hydrogen-bond acceptors (Lipinski definition) is 3. The highest BCUT2D eigenvalue weighted by Crippen LogP contribution is 2.17. The van der Waals surface area contributed by atoms with Gasteiger partial charge in [0, 0.05) is 24.0 Å². The number of hydrogen-bond donors (Lipinski definition) is 1. The van der Waals surface area contributed by atoms with Gasteiger partial charge in [0.05, 0.1) is 6.61 Å². The van der Waals surface area contributed by atoms with Gasteiger partial charge in [-0.25, -0.2) is 0 Å². The highest BCUT2D eigenvalue weighted by atomic mass is 35.5. The van der Waals surface area contributed by atoms with Gasteiger partial charge in [0.2, 0.25) is 11.8 Å². The lowest BCUT2D eigenvalue weighted by Gasteiger charge is -2.31. The van der Waals surface area contributed by atoms with Crippen molar-refractivity contribution in [2.75, 3.05) is 6.61 Å². The first-order valence-electron chi connectivity index (χ1n) is 10.4. The van der Waals surface area contributed by atoms with Crippen LogP contribution >= 0.6 is 11.6 Å². The van der Waals surface area contributed by atoms with Crippen LogP contribution in [-0.2, 0) is 16.1 Å². The molecule has 0 saturated heterocycles. The smallest absolute Gasteiger partial charge is 0.243 e. The Kier molecular flexibility index (Phi) is 9.68. The van der Waals surface area contributed by atoms with E-state index in [0.29, 0.717) is 37.4 Å². The summed E-state index contributed by atoms with van der Waals surface area (Å²) in [6.07, 6.45) is 1.43. The van der Waals surface area contributed by atoms with Gasteiger partial charge >= 0.3 is 0 Å². The maximum Gasteiger partial charge on any atom is 0.243 e. The fourth-order valence-electron chi connectivity index (χ4n) is 3.17. The third-order valence-electron chi connectivity index (χ3n) is 4.63. The number of rotatable bonds is 11. The largest absolute Gasteiger partial charge is 0.494 e. The van der Waals surface area contributed by atoms with E-state index in [2.05, 4.69) is 5.32 Å². The molecule has 0 aromatic heterocycles. The van der Waals surface area contributed by atoms with Crippen LogP contribution in [0.5, 0.6) is 5.75 Å². The molecule has 0 aliphatic heterocycles. The molecule has 2 aromatic carbocycles. The summed E-state index contributed by atoms with van der Waals surface area (Å²) in [6.45, 7) is 6.59. The van der Waals surface area contributed by atoms with E-state index in [-0.39, 0.29) is 17.9 Å². The maximum atomic E-state index is 13.1. The maximum absolute atomic E-state index is 13.1. The van der Waals surface area contributed by atoms with Crippen molar-refractivity contribution in [3.05, 3.63) is 65.2 Å². The van der Waals surface area contributed by atoms with Gasteiger partial charge in [0.1, 0.15) is 11.8 Å². The highest BCUT2D eigenvalue weighted by molar-refractivity contribution is 6.30. The Hall–Kier alpha value is -2.53. The van der Waals surface area contributed by atoms with Crippen molar-refractivity contribution in [1.82, 2.24) is 10.2 Å². The average molecular weight is 431 g/mol. The van der Waals surface area contributed by atoms with Crippen LogP contribution in [0.25, 0.3) is 0 Å². The van der Waals surface area contributed by atoms with Crippen LogP contribution in [0.15, 0.2) is 54.6 Å². The summed E-state index contributed by atoms with van der Waals surface area (Å²) in [4.78, 5) is 27.5. The summed E-state index contributed by atoms with van der Waals surface area (Å²) < 4.78 is 5.69. The summed E-state index contributed by atoms with van der Waals surface area (Å²) in [5, 5.41) is 3.59. The lowest BCUT2D eigenvalue weighted by molar-refractivity contribution is -0.141. The summed E-state index contributed by atoms with van der Waals surface area (Å²) in [5.74, 6) is 0.550. The average Bonchev–Trinajstić information content (AvgIpc) is 2.72. The Bertz CT molecular complexity index is 794. The predicted molar refractivity (Wildman–Crippen MR) is 121 cm³/mol. The van der Waals surface area contributed by atoms with Crippen LogP contribution in [0, 0.1) is 0 Å². The van der Waals surface area contributed by atoms with Crippen molar-refractivity contribution in [2.24, 2.45) is 0 Å². The van der Waals surface area contributed by atoms with Crippen molar-refractivity contribution in [1.29, 1.82) is 0 Å². The third kappa shape index (κ3) is 7.71. The minimum atomic E-state index is -0.503. The van der Waals surface area contributed by atoms with E-state index in [1.54, 1.807) is 29.2 Å². The fraction of sp³-hybridized carbons (Fsp3) is 0.417. The number of carbonyl (C=O) groups is 2. The highest BCUT2D eigenvalue weighted by Gasteiger charge is 2.28. The second-order valence-corrected chi connectivity index (χ2v) is 7.94. The number of amides is 2. The van der Waals surface area contributed by atoms with Gasteiger partial charge < -0.3 is 15.0 Å². The normalized spacial score (nSPS) is 11.8. The molecule has 0 fully saturated rings. The Morgan fingerprint density at radius 1 is 1.07 bits per heavy atom. The summed E-state index contributed by atoms with van der Waals surface area (Å²) >= 11 is 5.88. The van der Waals surface area contributed by atoms with E-state index in [4.69, 9.17) is 16.3 Å². The second-order valence-electron chi connectivity index (χ2n) is 7.50. The minimum Gasteiger partial charge on any atom is -0.494 e. The van der Waals surface area contributed by atoms with Crippen LogP contribution in [0.1, 0.15) is 45.6 Å². The molecule has 1 atom stereocenters. The Morgan fingerprint density at radius 2 is 1.73 bits per heavy atom. The fourth-order valence-corrected chi connectivity index (χ4v) is 3.29. The molecular weight excluding hydrogens is 400 g/mol. The van der Waals surface area contributed by atoms with Crippen molar-refractivity contribution in [2.45, 2.75) is 58.7 Å². The molecule has 2 rings (SSSR count). The first kappa shape index (κ1) is 23.7. The Morgan fingerprint density at radius 3 is 2.33 bits per heavy atom. The summed E-state index contributed by atoms with van der Waals surface area (Å²) in [6, 6.07) is 16.4. The third-order valence-corrected chi connectivity index (χ3v) is 4.88. The molecule has 0 radical (unpaired) electrons. The lowest BCUT2D eigenvalue weighted by Crippen LogP contribution is -2.50. The molecule has 6 heteroatoms. The van der Waals surface area contributed by atoms with E-state index in [1.165, 1.54) is 0 Å². The van der Waals surface area contributed by atoms with E-state index in [9.17, 15) is 9.59 Å². The van der Waals surface area contributed by atoms with Crippen molar-refractivity contribution in [3.63, 3.8) is 0 Å². The van der Waals surface area contributed by atoms with Crippen LogP contribution in [0.4, 0.5) is 0 Å². The molecule has 0 unspecified atom stereocenters. The molecule has 5 nitrogen and oxygen atoms in total. The van der Waals surface area contributed by atoms with Gasteiger partial charge in [0.25, 0.3) is 0 Å². The van der Waals surface area contributed by atoms with Gasteiger partial charge in [-0.15, -0.1) is 0 Å². The van der Waals surface area contributed by atoms with Gasteiger partial charge in [-0.1, -0.05) is 48.9 Å². The van der Waals surface area contributed by atoms with Crippen LogP contribution in [0.3, 0.4) is 0 Å². The molecule has 2 amide bonds. The second kappa shape index (κ2) is 12.2. The zero-order valence-electron chi connectivity index (χ0n) is 17.9. The Labute approximate surface area is 184 Å². The monoisotopic (exact) mass is 430 g/mol. The van der Waals surface area contributed by atoms with Crippen LogP contribution < -0.4 is 10.1 Å². The topological polar surface area (TPSA) is 58.6 Å². The molecule has 1 N–H and O–H groups in total. The molecule has 0 bridgehead atoms. The van der Waals surface area contributed by atoms with Gasteiger partial charge in [-0.2, -0.15) is 0 Å². The quantitative estimate of drug-likeness (QED) is 0.519. The standard InChI is InChI=1S/C24H31ClN2O3/c1-4-22(24(29)26-18(2)3)27(17-19-9-6-5-7-10-19)23(28)11-8-16-30-21-14-12-20(25)13-15-21/h5-7,9-10,12-15,18,22H,4,8,11,16-17H2,1-3H3,(H,26,29)/t22-/m1/s1. The molecule has 2 aromatic rings. The number of carbonyl (C=O) groups excluding carboxylic acids is 2. The summed E-state index contributed by atoms with van der Waals surface area (Å²) in [5.41, 5.74) is 0.999. The molecule has 0 spiro atoms. The van der Waals surface area contributed by atoms with Gasteiger partial charge in [-0.05, 0) is 56.5 Å². The van der Waals surface area contributed by atoms with Gasteiger partial charge in [-0.3, -0.25) is 9.59 Å². The molecular formula is C24H31ClN2O3. The number of nitrogens with zero attached hydrogens (tertiary/aromatic N) is 1. The van der Waals surface area contributed by atoms with E-state index in [1.807, 2.05) is 51.1 Å². The van der Waals surface area contributed by atoms with Crippen LogP contribution in [-0.4, -0.2) is 35.4 Å². The molecule has 0 aliphatic carbocycles. The molecule has 0 heterocycles. The molecule has 30 heavy (non-hydrogen) atoms. The van der Waals surface area contributed by atoms with Gasteiger partial charge in [0.15, 0.2) is 0 Å². The van der Waals surface area contributed by atoms with E-state index < -0.39 is 6.04 Å². The van der Waals surface area contributed by atoms with Crippen molar-refractivity contribution >= 4 is 23.4 Å². The minimum absolute atomic E-state index is 0.0213. The first-order chi connectivity index (χ1) is 14.4. The number of halogens is 1. The summed E-state index contributed by atoms with van der Waals surface area (Å²) in [7, 11) is 0.